The quantitative estimate of drug-likeness (QED) is 0.863. The van der Waals surface area contributed by atoms with Gasteiger partial charge in [-0.15, -0.1) is 0 Å². The maximum absolute atomic E-state index is 5.42. The van der Waals surface area contributed by atoms with Crippen molar-refractivity contribution in [3.63, 3.8) is 0 Å². The molecule has 2 aliphatic carbocycles. The second kappa shape index (κ2) is 6.93. The topological polar surface area (TPSA) is 21.3 Å². The standard InChI is InChI=1S/C19H29NO/c1-3-6-18(13-21-2)20-19-16-9-10-17(19)12-15-8-5-4-7-14(15)11-16/h4-5,7-8,16-20H,3,6,9-13H2,1-2H3. The summed E-state index contributed by atoms with van der Waals surface area (Å²) in [5, 5.41) is 3.97. The zero-order valence-corrected chi connectivity index (χ0v) is 13.5. The van der Waals surface area contributed by atoms with Crippen LogP contribution < -0.4 is 5.32 Å². The van der Waals surface area contributed by atoms with Crippen molar-refractivity contribution in [3.8, 4) is 0 Å². The molecule has 0 radical (unpaired) electrons. The van der Waals surface area contributed by atoms with Crippen molar-refractivity contribution in [2.24, 2.45) is 11.8 Å². The molecule has 1 aromatic carbocycles. The Morgan fingerprint density at radius 3 is 2.29 bits per heavy atom. The Morgan fingerprint density at radius 1 is 1.14 bits per heavy atom. The van der Waals surface area contributed by atoms with Crippen molar-refractivity contribution in [2.75, 3.05) is 13.7 Å². The van der Waals surface area contributed by atoms with Gasteiger partial charge in [0.05, 0.1) is 6.61 Å². The van der Waals surface area contributed by atoms with E-state index in [0.717, 1.165) is 18.4 Å². The van der Waals surface area contributed by atoms with Gasteiger partial charge in [0.1, 0.15) is 0 Å². The van der Waals surface area contributed by atoms with Crippen molar-refractivity contribution in [2.45, 2.75) is 57.5 Å². The number of nitrogens with one attached hydrogen (secondary N) is 1. The lowest BCUT2D eigenvalue weighted by Crippen LogP contribution is -2.46. The molecule has 0 heterocycles. The van der Waals surface area contributed by atoms with E-state index in [-0.39, 0.29) is 0 Å². The second-order valence-corrected chi connectivity index (χ2v) is 6.91. The summed E-state index contributed by atoms with van der Waals surface area (Å²) in [5.41, 5.74) is 3.19. The molecule has 2 heteroatoms. The number of hydrogen-bond donors (Lipinski definition) is 1. The molecule has 3 rings (SSSR count). The van der Waals surface area contributed by atoms with Gasteiger partial charge in [0, 0.05) is 19.2 Å². The summed E-state index contributed by atoms with van der Waals surface area (Å²) in [6.45, 7) is 3.11. The van der Waals surface area contributed by atoms with E-state index in [1.165, 1.54) is 38.5 Å². The Labute approximate surface area is 129 Å². The Balaban J connectivity index is 1.73. The van der Waals surface area contributed by atoms with Crippen molar-refractivity contribution in [3.05, 3.63) is 35.4 Å². The Bertz CT molecular complexity index is 420. The van der Waals surface area contributed by atoms with E-state index in [1.807, 2.05) is 7.11 Å². The molecule has 21 heavy (non-hydrogen) atoms. The second-order valence-electron chi connectivity index (χ2n) is 6.91. The van der Waals surface area contributed by atoms with Crippen molar-refractivity contribution in [1.82, 2.24) is 5.32 Å². The highest BCUT2D eigenvalue weighted by Gasteiger charge is 2.39. The molecule has 2 bridgehead atoms. The van der Waals surface area contributed by atoms with Gasteiger partial charge in [0.15, 0.2) is 0 Å². The van der Waals surface area contributed by atoms with Crippen LogP contribution in [0.5, 0.6) is 0 Å². The predicted octanol–water partition coefficient (Wildman–Crippen LogP) is 3.58. The van der Waals surface area contributed by atoms with Gasteiger partial charge in [-0.2, -0.15) is 0 Å². The fourth-order valence-electron chi connectivity index (χ4n) is 4.46. The molecule has 0 saturated heterocycles. The molecule has 0 amide bonds. The minimum atomic E-state index is 0.523. The van der Waals surface area contributed by atoms with Crippen LogP contribution in [-0.4, -0.2) is 25.8 Å². The maximum atomic E-state index is 5.42. The lowest BCUT2D eigenvalue weighted by Gasteiger charge is -2.29. The number of ether oxygens (including phenoxy) is 1. The van der Waals surface area contributed by atoms with Crippen molar-refractivity contribution < 1.29 is 4.74 Å². The summed E-state index contributed by atoms with van der Waals surface area (Å²) in [7, 11) is 1.82. The molecule has 1 fully saturated rings. The zero-order valence-electron chi connectivity index (χ0n) is 13.5. The predicted molar refractivity (Wildman–Crippen MR) is 87.6 cm³/mol. The van der Waals surface area contributed by atoms with Crippen LogP contribution in [0.1, 0.15) is 43.7 Å². The van der Waals surface area contributed by atoms with E-state index < -0.39 is 0 Å². The molecule has 0 aromatic heterocycles. The highest BCUT2D eigenvalue weighted by Crippen LogP contribution is 2.40. The number of hydrogen-bond acceptors (Lipinski definition) is 2. The van der Waals surface area contributed by atoms with E-state index in [4.69, 9.17) is 4.74 Å². The maximum Gasteiger partial charge on any atom is 0.0615 e. The van der Waals surface area contributed by atoms with Gasteiger partial charge < -0.3 is 10.1 Å². The van der Waals surface area contributed by atoms with E-state index in [1.54, 1.807) is 11.1 Å². The van der Waals surface area contributed by atoms with Crippen LogP contribution in [0, 0.1) is 11.8 Å². The highest BCUT2D eigenvalue weighted by molar-refractivity contribution is 5.30. The highest BCUT2D eigenvalue weighted by atomic mass is 16.5. The number of methoxy groups -OCH3 is 1. The third-order valence-corrected chi connectivity index (χ3v) is 5.44. The smallest absolute Gasteiger partial charge is 0.0615 e. The van der Waals surface area contributed by atoms with Crippen LogP contribution in [-0.2, 0) is 17.6 Å². The van der Waals surface area contributed by atoms with E-state index in [9.17, 15) is 0 Å². The minimum absolute atomic E-state index is 0.523. The lowest BCUT2D eigenvalue weighted by atomic mass is 9.94. The summed E-state index contributed by atoms with van der Waals surface area (Å²) in [6, 6.07) is 10.3. The molecule has 1 N–H and O–H groups in total. The van der Waals surface area contributed by atoms with Gasteiger partial charge in [-0.25, -0.2) is 0 Å². The monoisotopic (exact) mass is 287 g/mol. The first-order valence-corrected chi connectivity index (χ1v) is 8.63. The van der Waals surface area contributed by atoms with Crippen LogP contribution in [0.3, 0.4) is 0 Å². The first-order valence-electron chi connectivity index (χ1n) is 8.63. The van der Waals surface area contributed by atoms with Crippen molar-refractivity contribution in [1.29, 1.82) is 0 Å². The van der Waals surface area contributed by atoms with Gasteiger partial charge in [-0.3, -0.25) is 0 Å². The van der Waals surface area contributed by atoms with Gasteiger partial charge in [0.25, 0.3) is 0 Å². The molecule has 116 valence electrons. The number of fused-ring (bicyclic) bond motifs is 3. The molecular formula is C19H29NO. The normalized spacial score (nSPS) is 29.0. The van der Waals surface area contributed by atoms with Gasteiger partial charge in [-0.05, 0) is 55.1 Å². The van der Waals surface area contributed by atoms with Crippen LogP contribution in [0.4, 0.5) is 0 Å². The molecule has 2 aliphatic rings. The number of rotatable bonds is 6. The molecule has 1 aromatic rings. The Kier molecular flexibility index (Phi) is 4.97. The average molecular weight is 287 g/mol. The third-order valence-electron chi connectivity index (χ3n) is 5.44. The molecule has 2 nitrogen and oxygen atoms in total. The SMILES string of the molecule is CCCC(COC)NC1C2CCC1Cc1ccccc1C2. The zero-order chi connectivity index (χ0) is 14.7. The summed E-state index contributed by atoms with van der Waals surface area (Å²) >= 11 is 0. The van der Waals surface area contributed by atoms with E-state index in [2.05, 4.69) is 36.5 Å². The summed E-state index contributed by atoms with van der Waals surface area (Å²) in [4.78, 5) is 0. The van der Waals surface area contributed by atoms with E-state index in [0.29, 0.717) is 12.1 Å². The van der Waals surface area contributed by atoms with E-state index >= 15 is 0 Å². The third kappa shape index (κ3) is 3.32. The Hall–Kier alpha value is -0.860. The average Bonchev–Trinajstić information content (AvgIpc) is 2.75. The summed E-state index contributed by atoms with van der Waals surface area (Å²) in [5.74, 6) is 1.63. The van der Waals surface area contributed by atoms with Crippen LogP contribution in [0.25, 0.3) is 0 Å². The fraction of sp³-hybridized carbons (Fsp3) is 0.684. The van der Waals surface area contributed by atoms with Crippen LogP contribution in [0.15, 0.2) is 24.3 Å². The van der Waals surface area contributed by atoms with Gasteiger partial charge in [-0.1, -0.05) is 37.6 Å². The lowest BCUT2D eigenvalue weighted by molar-refractivity contribution is 0.146. The number of benzene rings is 1. The summed E-state index contributed by atoms with van der Waals surface area (Å²) < 4.78 is 5.42. The molecule has 1 saturated carbocycles. The largest absolute Gasteiger partial charge is 0.383 e. The molecule has 3 unspecified atom stereocenters. The first-order chi connectivity index (χ1) is 10.3. The Morgan fingerprint density at radius 2 is 1.76 bits per heavy atom. The fourth-order valence-corrected chi connectivity index (χ4v) is 4.46. The van der Waals surface area contributed by atoms with Gasteiger partial charge >= 0.3 is 0 Å². The molecule has 0 spiro atoms. The first kappa shape index (κ1) is 15.1. The molecular weight excluding hydrogens is 258 g/mol. The van der Waals surface area contributed by atoms with Crippen molar-refractivity contribution >= 4 is 0 Å². The summed E-state index contributed by atoms with van der Waals surface area (Å²) in [6.07, 6.45) is 7.75. The van der Waals surface area contributed by atoms with Crippen LogP contribution in [0.2, 0.25) is 0 Å². The van der Waals surface area contributed by atoms with Gasteiger partial charge in [0.2, 0.25) is 0 Å². The van der Waals surface area contributed by atoms with Crippen LogP contribution >= 0.6 is 0 Å². The minimum Gasteiger partial charge on any atom is -0.383 e. The molecule has 0 aliphatic heterocycles. The molecule has 3 atom stereocenters.